The van der Waals surface area contributed by atoms with Crippen molar-refractivity contribution >= 4 is 17.8 Å². The summed E-state index contributed by atoms with van der Waals surface area (Å²) in [6, 6.07) is 15.7. The van der Waals surface area contributed by atoms with Gasteiger partial charge in [-0.3, -0.25) is 0 Å². The van der Waals surface area contributed by atoms with Crippen molar-refractivity contribution in [2.75, 3.05) is 12.8 Å². The molecule has 0 atom stereocenters. The van der Waals surface area contributed by atoms with E-state index in [1.807, 2.05) is 48.5 Å². The average molecular weight is 225 g/mol. The highest BCUT2D eigenvalue weighted by Crippen LogP contribution is 2.14. The molecule has 0 unspecified atom stereocenters. The molecule has 2 heteroatoms. The van der Waals surface area contributed by atoms with E-state index >= 15 is 0 Å². The molecule has 0 aliphatic rings. The number of rotatable bonds is 3. The highest BCUT2D eigenvalue weighted by molar-refractivity contribution is 5.70. The molecule has 0 radical (unpaired) electrons. The summed E-state index contributed by atoms with van der Waals surface area (Å²) < 4.78 is 5.11. The molecule has 2 N–H and O–H groups in total. The zero-order valence-electron chi connectivity index (χ0n) is 9.76. The van der Waals surface area contributed by atoms with Crippen molar-refractivity contribution < 1.29 is 4.74 Å². The van der Waals surface area contributed by atoms with Gasteiger partial charge in [0.1, 0.15) is 5.75 Å². The van der Waals surface area contributed by atoms with Gasteiger partial charge in [-0.05, 0) is 35.4 Å². The zero-order valence-corrected chi connectivity index (χ0v) is 9.76. The quantitative estimate of drug-likeness (QED) is 0.641. The van der Waals surface area contributed by atoms with Gasteiger partial charge in [0, 0.05) is 5.69 Å². The minimum Gasteiger partial charge on any atom is -0.497 e. The number of benzene rings is 2. The number of hydrogen-bond acceptors (Lipinski definition) is 2. The van der Waals surface area contributed by atoms with E-state index in [0.29, 0.717) is 0 Å². The lowest BCUT2D eigenvalue weighted by Crippen LogP contribution is -1.83. The number of ether oxygens (including phenoxy) is 1. The number of nitrogen functional groups attached to an aromatic ring is 1. The summed E-state index contributed by atoms with van der Waals surface area (Å²) >= 11 is 0. The van der Waals surface area contributed by atoms with Crippen molar-refractivity contribution in [2.45, 2.75) is 0 Å². The summed E-state index contributed by atoms with van der Waals surface area (Å²) in [6.07, 6.45) is 4.12. The largest absolute Gasteiger partial charge is 0.497 e. The molecule has 2 aromatic rings. The van der Waals surface area contributed by atoms with Gasteiger partial charge in [-0.15, -0.1) is 0 Å². The SMILES string of the molecule is COc1ccc(/C=C\c2ccc(N)cc2)cc1. The molecule has 17 heavy (non-hydrogen) atoms. The van der Waals surface area contributed by atoms with E-state index in [4.69, 9.17) is 10.5 Å². The molecular weight excluding hydrogens is 210 g/mol. The molecule has 0 amide bonds. The summed E-state index contributed by atoms with van der Waals surface area (Å²) in [5.41, 5.74) is 8.69. The fourth-order valence-electron chi connectivity index (χ4n) is 1.51. The third-order valence-corrected chi connectivity index (χ3v) is 2.52. The molecule has 0 heterocycles. The Labute approximate surface area is 101 Å². The third kappa shape index (κ3) is 3.11. The Morgan fingerprint density at radius 2 is 1.29 bits per heavy atom. The van der Waals surface area contributed by atoms with Crippen molar-refractivity contribution in [1.29, 1.82) is 0 Å². The first-order valence-corrected chi connectivity index (χ1v) is 5.45. The van der Waals surface area contributed by atoms with Gasteiger partial charge in [0.25, 0.3) is 0 Å². The average Bonchev–Trinajstić information content (AvgIpc) is 2.39. The predicted molar refractivity (Wildman–Crippen MR) is 72.8 cm³/mol. The number of hydrogen-bond donors (Lipinski definition) is 1. The Balaban J connectivity index is 2.11. The van der Waals surface area contributed by atoms with Crippen LogP contribution in [0.1, 0.15) is 11.1 Å². The van der Waals surface area contributed by atoms with Crippen LogP contribution in [0, 0.1) is 0 Å². The van der Waals surface area contributed by atoms with Crippen LogP contribution >= 0.6 is 0 Å². The lowest BCUT2D eigenvalue weighted by Gasteiger charge is -1.99. The van der Waals surface area contributed by atoms with Gasteiger partial charge in [0.05, 0.1) is 7.11 Å². The molecule has 0 fully saturated rings. The molecule has 0 aliphatic carbocycles. The van der Waals surface area contributed by atoms with Crippen LogP contribution in [0.2, 0.25) is 0 Å². The highest BCUT2D eigenvalue weighted by atomic mass is 16.5. The molecular formula is C15H15NO. The maximum Gasteiger partial charge on any atom is 0.118 e. The first-order chi connectivity index (χ1) is 8.28. The van der Waals surface area contributed by atoms with E-state index in [1.165, 1.54) is 0 Å². The summed E-state index contributed by atoms with van der Waals surface area (Å²) in [7, 11) is 1.67. The van der Waals surface area contributed by atoms with Crippen LogP contribution in [0.3, 0.4) is 0 Å². The van der Waals surface area contributed by atoms with Crippen LogP contribution in [-0.4, -0.2) is 7.11 Å². The second kappa shape index (κ2) is 5.21. The van der Waals surface area contributed by atoms with E-state index < -0.39 is 0 Å². The zero-order chi connectivity index (χ0) is 12.1. The molecule has 2 rings (SSSR count). The monoisotopic (exact) mass is 225 g/mol. The fraction of sp³-hybridized carbons (Fsp3) is 0.0667. The molecule has 0 spiro atoms. The topological polar surface area (TPSA) is 35.2 Å². The van der Waals surface area contributed by atoms with Crippen LogP contribution < -0.4 is 10.5 Å². The van der Waals surface area contributed by atoms with E-state index in [9.17, 15) is 0 Å². The van der Waals surface area contributed by atoms with Gasteiger partial charge in [-0.25, -0.2) is 0 Å². The van der Waals surface area contributed by atoms with Gasteiger partial charge in [-0.2, -0.15) is 0 Å². The van der Waals surface area contributed by atoms with Crippen LogP contribution in [0.4, 0.5) is 5.69 Å². The lowest BCUT2D eigenvalue weighted by molar-refractivity contribution is 0.415. The van der Waals surface area contributed by atoms with Crippen molar-refractivity contribution in [2.24, 2.45) is 0 Å². The summed E-state index contributed by atoms with van der Waals surface area (Å²) in [5.74, 6) is 0.870. The summed E-state index contributed by atoms with van der Waals surface area (Å²) in [4.78, 5) is 0. The Morgan fingerprint density at radius 3 is 1.76 bits per heavy atom. The van der Waals surface area contributed by atoms with Crippen LogP contribution in [-0.2, 0) is 0 Å². The Kier molecular flexibility index (Phi) is 3.46. The highest BCUT2D eigenvalue weighted by Gasteiger charge is 1.91. The van der Waals surface area contributed by atoms with Gasteiger partial charge < -0.3 is 10.5 Å². The predicted octanol–water partition coefficient (Wildman–Crippen LogP) is 3.45. The minimum atomic E-state index is 0.784. The first-order valence-electron chi connectivity index (χ1n) is 5.45. The molecule has 2 aromatic carbocycles. The van der Waals surface area contributed by atoms with E-state index in [1.54, 1.807) is 7.11 Å². The van der Waals surface area contributed by atoms with Gasteiger partial charge in [0.2, 0.25) is 0 Å². The molecule has 0 bridgehead atoms. The minimum absolute atomic E-state index is 0.784. The van der Waals surface area contributed by atoms with Crippen molar-refractivity contribution in [3.8, 4) is 5.75 Å². The number of anilines is 1. The molecule has 0 aromatic heterocycles. The van der Waals surface area contributed by atoms with Crippen LogP contribution in [0.5, 0.6) is 5.75 Å². The number of nitrogens with two attached hydrogens (primary N) is 1. The molecule has 86 valence electrons. The summed E-state index contributed by atoms with van der Waals surface area (Å²) in [6.45, 7) is 0. The molecule has 0 saturated carbocycles. The van der Waals surface area contributed by atoms with Crippen molar-refractivity contribution in [3.63, 3.8) is 0 Å². The normalized spacial score (nSPS) is 10.6. The molecule has 0 saturated heterocycles. The smallest absolute Gasteiger partial charge is 0.118 e. The Hall–Kier alpha value is -2.22. The standard InChI is InChI=1S/C15H15NO/c1-17-15-10-6-13(7-11-15)3-2-12-4-8-14(16)9-5-12/h2-11H,16H2,1H3/b3-2-. The van der Waals surface area contributed by atoms with E-state index in [0.717, 1.165) is 22.6 Å². The molecule has 2 nitrogen and oxygen atoms in total. The van der Waals surface area contributed by atoms with Gasteiger partial charge >= 0.3 is 0 Å². The molecule has 0 aliphatic heterocycles. The lowest BCUT2D eigenvalue weighted by atomic mass is 10.1. The summed E-state index contributed by atoms with van der Waals surface area (Å²) in [5, 5.41) is 0. The van der Waals surface area contributed by atoms with Crippen molar-refractivity contribution in [1.82, 2.24) is 0 Å². The maximum absolute atomic E-state index is 5.63. The fourth-order valence-corrected chi connectivity index (χ4v) is 1.51. The second-order valence-corrected chi connectivity index (χ2v) is 3.77. The Bertz CT molecular complexity index is 497. The first kappa shape index (κ1) is 11.3. The Morgan fingerprint density at radius 1 is 0.824 bits per heavy atom. The third-order valence-electron chi connectivity index (χ3n) is 2.52. The maximum atomic E-state index is 5.63. The van der Waals surface area contributed by atoms with Gasteiger partial charge in [-0.1, -0.05) is 36.4 Å². The van der Waals surface area contributed by atoms with Gasteiger partial charge in [0.15, 0.2) is 0 Å². The van der Waals surface area contributed by atoms with Crippen LogP contribution in [0.25, 0.3) is 12.2 Å². The van der Waals surface area contributed by atoms with E-state index in [-0.39, 0.29) is 0 Å². The second-order valence-electron chi connectivity index (χ2n) is 3.77. The van der Waals surface area contributed by atoms with E-state index in [2.05, 4.69) is 12.2 Å². The van der Waals surface area contributed by atoms with Crippen molar-refractivity contribution in [3.05, 3.63) is 59.7 Å². The number of methoxy groups -OCH3 is 1. The van der Waals surface area contributed by atoms with Crippen LogP contribution in [0.15, 0.2) is 48.5 Å².